The lowest BCUT2D eigenvalue weighted by Gasteiger charge is -2.24. The highest BCUT2D eigenvalue weighted by molar-refractivity contribution is 5.89. The molecule has 1 aliphatic carbocycles. The van der Waals surface area contributed by atoms with E-state index in [1.54, 1.807) is 0 Å². The number of esters is 1. The third kappa shape index (κ3) is 2.78. The molecule has 0 amide bonds. The summed E-state index contributed by atoms with van der Waals surface area (Å²) in [5.74, 6) is -2.75. The zero-order chi connectivity index (χ0) is 12.3. The van der Waals surface area contributed by atoms with Gasteiger partial charge in [0, 0.05) is 6.20 Å². The van der Waals surface area contributed by atoms with Crippen molar-refractivity contribution >= 4 is 5.97 Å². The molecule has 0 aliphatic heterocycles. The molecule has 1 aliphatic rings. The molecule has 0 aromatic carbocycles. The Morgan fingerprint density at radius 1 is 1.47 bits per heavy atom. The molecule has 0 N–H and O–H groups in total. The maximum atomic E-state index is 13.2. The summed E-state index contributed by atoms with van der Waals surface area (Å²) in [6.45, 7) is 0.257. The quantitative estimate of drug-likeness (QED) is 0.601. The topological polar surface area (TPSA) is 39.2 Å². The predicted octanol–water partition coefficient (Wildman–Crippen LogP) is 2.71. The van der Waals surface area contributed by atoms with E-state index < -0.39 is 23.3 Å². The van der Waals surface area contributed by atoms with Crippen LogP contribution in [0.1, 0.15) is 36.0 Å². The van der Waals surface area contributed by atoms with Crippen molar-refractivity contribution in [2.45, 2.75) is 25.7 Å². The van der Waals surface area contributed by atoms with Crippen LogP contribution in [0.25, 0.3) is 0 Å². The number of hydrogen-bond donors (Lipinski definition) is 0. The Bertz CT molecular complexity index is 419. The van der Waals surface area contributed by atoms with Crippen LogP contribution in [0, 0.1) is 17.7 Å². The summed E-state index contributed by atoms with van der Waals surface area (Å²) in [6, 6.07) is 1.12. The second-order valence-electron chi connectivity index (χ2n) is 4.18. The largest absolute Gasteiger partial charge is 0.462 e. The highest BCUT2D eigenvalue weighted by atomic mass is 19.2. The molecule has 1 aromatic heterocycles. The Morgan fingerprint density at radius 3 is 2.88 bits per heavy atom. The Hall–Kier alpha value is -1.52. The first-order valence-corrected chi connectivity index (χ1v) is 5.65. The smallest absolute Gasteiger partial charge is 0.341 e. The molecule has 0 saturated heterocycles. The average Bonchev–Trinajstić information content (AvgIpc) is 2.25. The molecule has 0 radical (unpaired) electrons. The lowest BCUT2D eigenvalue weighted by Crippen LogP contribution is -2.16. The summed E-state index contributed by atoms with van der Waals surface area (Å²) in [5.41, 5.74) is -0.397. The van der Waals surface area contributed by atoms with Crippen LogP contribution in [0.15, 0.2) is 12.3 Å². The van der Waals surface area contributed by atoms with Gasteiger partial charge in [-0.25, -0.2) is 14.2 Å². The van der Waals surface area contributed by atoms with Gasteiger partial charge in [-0.05, 0) is 18.4 Å². The van der Waals surface area contributed by atoms with E-state index in [2.05, 4.69) is 4.98 Å². The highest BCUT2D eigenvalue weighted by Crippen LogP contribution is 2.29. The Kier molecular flexibility index (Phi) is 3.66. The SMILES string of the molecule is O=C(OCCC1CCC1)c1ccnc(F)c1F. The van der Waals surface area contributed by atoms with Crippen LogP contribution < -0.4 is 0 Å². The van der Waals surface area contributed by atoms with Gasteiger partial charge in [0.15, 0.2) is 5.82 Å². The van der Waals surface area contributed by atoms with Gasteiger partial charge in [-0.2, -0.15) is 4.39 Å². The normalized spacial score (nSPS) is 15.4. The number of halogens is 2. The van der Waals surface area contributed by atoms with Gasteiger partial charge in [-0.3, -0.25) is 0 Å². The van der Waals surface area contributed by atoms with Crippen molar-refractivity contribution < 1.29 is 18.3 Å². The summed E-state index contributed by atoms with van der Waals surface area (Å²) in [7, 11) is 0. The number of pyridine rings is 1. The molecule has 5 heteroatoms. The van der Waals surface area contributed by atoms with Crippen molar-refractivity contribution in [3.05, 3.63) is 29.6 Å². The number of carbonyl (C=O) groups is 1. The van der Waals surface area contributed by atoms with Crippen LogP contribution in [0.3, 0.4) is 0 Å². The van der Waals surface area contributed by atoms with Crippen LogP contribution in [0.4, 0.5) is 8.78 Å². The van der Waals surface area contributed by atoms with Crippen molar-refractivity contribution in [3.8, 4) is 0 Å². The van der Waals surface area contributed by atoms with E-state index in [0.717, 1.165) is 31.5 Å². The fourth-order valence-corrected chi connectivity index (χ4v) is 1.75. The molecule has 2 rings (SSSR count). The minimum atomic E-state index is -1.28. The van der Waals surface area contributed by atoms with E-state index in [-0.39, 0.29) is 6.61 Å². The van der Waals surface area contributed by atoms with E-state index in [1.165, 1.54) is 6.42 Å². The first-order chi connectivity index (χ1) is 8.18. The molecule has 0 bridgehead atoms. The zero-order valence-corrected chi connectivity index (χ0v) is 9.29. The van der Waals surface area contributed by atoms with Crippen molar-refractivity contribution in [1.29, 1.82) is 0 Å². The molecule has 1 aromatic rings. The number of carbonyl (C=O) groups excluding carboxylic acids is 1. The summed E-state index contributed by atoms with van der Waals surface area (Å²) in [6.07, 6.45) is 5.39. The molecule has 3 nitrogen and oxygen atoms in total. The van der Waals surface area contributed by atoms with Crippen molar-refractivity contribution in [2.75, 3.05) is 6.61 Å². The molecule has 17 heavy (non-hydrogen) atoms. The number of rotatable bonds is 4. The molecule has 1 saturated carbocycles. The van der Waals surface area contributed by atoms with Crippen LogP contribution >= 0.6 is 0 Å². The van der Waals surface area contributed by atoms with Crippen LogP contribution in [0.5, 0.6) is 0 Å². The second kappa shape index (κ2) is 5.21. The van der Waals surface area contributed by atoms with Gasteiger partial charge in [0.2, 0.25) is 5.95 Å². The molecule has 1 fully saturated rings. The third-order valence-electron chi connectivity index (χ3n) is 3.05. The molecular weight excluding hydrogens is 228 g/mol. The van der Waals surface area contributed by atoms with Gasteiger partial charge < -0.3 is 4.74 Å². The third-order valence-corrected chi connectivity index (χ3v) is 3.05. The molecule has 0 unspecified atom stereocenters. The summed E-state index contributed by atoms with van der Waals surface area (Å²) in [5, 5.41) is 0. The lowest BCUT2D eigenvalue weighted by atomic mass is 9.83. The maximum Gasteiger partial charge on any atom is 0.341 e. The average molecular weight is 241 g/mol. The molecule has 0 spiro atoms. The number of aromatic nitrogens is 1. The summed E-state index contributed by atoms with van der Waals surface area (Å²) >= 11 is 0. The fourth-order valence-electron chi connectivity index (χ4n) is 1.75. The van der Waals surface area contributed by atoms with Gasteiger partial charge in [-0.15, -0.1) is 0 Å². The standard InChI is InChI=1S/C12H13F2NO2/c13-10-9(4-6-15-11(10)14)12(16)17-7-5-8-2-1-3-8/h4,6,8H,1-3,5,7H2. The van der Waals surface area contributed by atoms with E-state index in [9.17, 15) is 13.6 Å². The van der Waals surface area contributed by atoms with Crippen molar-refractivity contribution in [3.63, 3.8) is 0 Å². The van der Waals surface area contributed by atoms with Gasteiger partial charge in [0.1, 0.15) is 5.56 Å². The Labute approximate surface area is 97.8 Å². The first-order valence-electron chi connectivity index (χ1n) is 5.65. The maximum absolute atomic E-state index is 13.2. The Balaban J connectivity index is 1.87. The van der Waals surface area contributed by atoms with Crippen LogP contribution in [-0.4, -0.2) is 17.6 Å². The lowest BCUT2D eigenvalue weighted by molar-refractivity contribution is 0.0457. The van der Waals surface area contributed by atoms with E-state index >= 15 is 0 Å². The second-order valence-corrected chi connectivity index (χ2v) is 4.18. The summed E-state index contributed by atoms with van der Waals surface area (Å²) in [4.78, 5) is 14.6. The number of ether oxygens (including phenoxy) is 1. The molecule has 0 atom stereocenters. The van der Waals surface area contributed by atoms with E-state index in [4.69, 9.17) is 4.74 Å². The number of nitrogens with zero attached hydrogens (tertiary/aromatic N) is 1. The Morgan fingerprint density at radius 2 is 2.24 bits per heavy atom. The highest BCUT2D eigenvalue weighted by Gasteiger charge is 2.20. The van der Waals surface area contributed by atoms with E-state index in [1.807, 2.05) is 0 Å². The van der Waals surface area contributed by atoms with Crippen LogP contribution in [0.2, 0.25) is 0 Å². The first kappa shape index (κ1) is 12.0. The van der Waals surface area contributed by atoms with E-state index in [0.29, 0.717) is 5.92 Å². The van der Waals surface area contributed by atoms with Gasteiger partial charge in [-0.1, -0.05) is 19.3 Å². The minimum Gasteiger partial charge on any atom is -0.462 e. The monoisotopic (exact) mass is 241 g/mol. The van der Waals surface area contributed by atoms with Crippen LogP contribution in [-0.2, 0) is 4.74 Å². The number of hydrogen-bond acceptors (Lipinski definition) is 3. The van der Waals surface area contributed by atoms with Gasteiger partial charge in [0.25, 0.3) is 0 Å². The van der Waals surface area contributed by atoms with Crippen molar-refractivity contribution in [1.82, 2.24) is 4.98 Å². The molecule has 92 valence electrons. The molecular formula is C12H13F2NO2. The minimum absolute atomic E-state index is 0.257. The zero-order valence-electron chi connectivity index (χ0n) is 9.29. The molecule has 1 heterocycles. The fraction of sp³-hybridized carbons (Fsp3) is 0.500. The summed E-state index contributed by atoms with van der Waals surface area (Å²) < 4.78 is 30.8. The van der Waals surface area contributed by atoms with Gasteiger partial charge in [0.05, 0.1) is 6.61 Å². The predicted molar refractivity (Wildman–Crippen MR) is 56.4 cm³/mol. The van der Waals surface area contributed by atoms with Crippen molar-refractivity contribution in [2.24, 2.45) is 5.92 Å². The van der Waals surface area contributed by atoms with Gasteiger partial charge >= 0.3 is 5.97 Å².